The summed E-state index contributed by atoms with van der Waals surface area (Å²) in [6.07, 6.45) is 0.168. The Kier molecular flexibility index (Phi) is 11.3. The van der Waals surface area contributed by atoms with Gasteiger partial charge in [0.1, 0.15) is 0 Å². The van der Waals surface area contributed by atoms with Gasteiger partial charge in [0, 0.05) is 12.1 Å². The van der Waals surface area contributed by atoms with Gasteiger partial charge in [0.2, 0.25) is 0 Å². The monoisotopic (exact) mass is 450 g/mol. The Morgan fingerprint density at radius 1 is 0.968 bits per heavy atom. The molecule has 0 radical (unpaired) electrons. The van der Waals surface area contributed by atoms with E-state index in [2.05, 4.69) is 10.2 Å². The minimum atomic E-state index is -1.82. The molecule has 0 aromatic heterocycles. The van der Waals surface area contributed by atoms with Crippen LogP contribution in [-0.2, 0) is 19.1 Å². The van der Waals surface area contributed by atoms with Crippen LogP contribution in [0.2, 0.25) is 5.02 Å². The third-order valence-electron chi connectivity index (χ3n) is 4.21. The van der Waals surface area contributed by atoms with E-state index in [0.29, 0.717) is 5.02 Å². The molecule has 3 N–H and O–H groups in total. The highest BCUT2D eigenvalue weighted by Crippen LogP contribution is 2.23. The summed E-state index contributed by atoms with van der Waals surface area (Å²) in [4.78, 5) is 33.1. The van der Waals surface area contributed by atoms with Crippen molar-refractivity contribution in [2.24, 2.45) is 0 Å². The molecule has 0 bridgehead atoms. The lowest BCUT2D eigenvalue weighted by molar-refractivity contribution is -0.159. The minimum absolute atomic E-state index is 0.103. The third kappa shape index (κ3) is 9.61. The number of rotatable bonds is 8. The summed E-state index contributed by atoms with van der Waals surface area (Å²) in [6.45, 7) is 0.858. The zero-order valence-electron chi connectivity index (χ0n) is 17.6. The van der Waals surface area contributed by atoms with Gasteiger partial charge in [-0.2, -0.15) is 0 Å². The van der Waals surface area contributed by atoms with Crippen molar-refractivity contribution in [3.05, 3.63) is 70.7 Å². The quantitative estimate of drug-likeness (QED) is 0.529. The van der Waals surface area contributed by atoms with Crippen LogP contribution in [0.5, 0.6) is 0 Å². The Bertz CT molecular complexity index is 831. The number of carbonyl (C=O) groups is 3. The van der Waals surface area contributed by atoms with Gasteiger partial charge in [0.15, 0.2) is 6.10 Å². The summed E-state index contributed by atoms with van der Waals surface area (Å²) < 4.78 is 5.44. The fourth-order valence-electron chi connectivity index (χ4n) is 2.67. The zero-order valence-corrected chi connectivity index (χ0v) is 18.4. The van der Waals surface area contributed by atoms with Crippen LogP contribution in [0.1, 0.15) is 29.7 Å². The summed E-state index contributed by atoms with van der Waals surface area (Å²) in [5.41, 5.74) is 1.87. The molecular formula is C22H27ClN2O6. The van der Waals surface area contributed by atoms with Gasteiger partial charge in [0.05, 0.1) is 6.04 Å². The van der Waals surface area contributed by atoms with E-state index < -0.39 is 18.0 Å². The van der Waals surface area contributed by atoms with E-state index in [4.69, 9.17) is 36.1 Å². The molecule has 2 aromatic rings. The van der Waals surface area contributed by atoms with E-state index in [1.54, 1.807) is 7.11 Å². The number of benzene rings is 2. The number of carboxylic acids is 2. The second-order valence-electron chi connectivity index (χ2n) is 6.84. The molecule has 168 valence electrons. The largest absolute Gasteiger partial charge is 0.473 e. The molecule has 0 saturated carbocycles. The number of aliphatic carboxylic acids is 2. The SMILES string of the molecule is CO[C@@H](C(=O)N[C@H](CCN(C)C)c1ccc(Cl)cc1)c1ccccc1.O=C(O)C(=O)O. The van der Waals surface area contributed by atoms with Crippen molar-refractivity contribution < 1.29 is 29.3 Å². The van der Waals surface area contributed by atoms with Crippen molar-refractivity contribution in [2.45, 2.75) is 18.6 Å². The molecule has 0 aliphatic heterocycles. The molecule has 0 fully saturated rings. The predicted molar refractivity (Wildman–Crippen MR) is 117 cm³/mol. The molecular weight excluding hydrogens is 424 g/mol. The number of nitrogens with one attached hydrogen (secondary N) is 1. The van der Waals surface area contributed by atoms with Crippen LogP contribution in [0.4, 0.5) is 0 Å². The number of carboxylic acid groups (broad SMARTS) is 2. The Morgan fingerprint density at radius 3 is 1.97 bits per heavy atom. The second kappa shape index (κ2) is 13.4. The van der Waals surface area contributed by atoms with Crippen molar-refractivity contribution in [1.82, 2.24) is 10.2 Å². The highest BCUT2D eigenvalue weighted by atomic mass is 35.5. The second-order valence-corrected chi connectivity index (χ2v) is 7.28. The number of methoxy groups -OCH3 is 1. The number of halogens is 1. The van der Waals surface area contributed by atoms with Gasteiger partial charge in [-0.1, -0.05) is 54.1 Å². The summed E-state index contributed by atoms with van der Waals surface area (Å²) in [5.74, 6) is -3.79. The Hall–Kier alpha value is -2.94. The molecule has 0 saturated heterocycles. The van der Waals surface area contributed by atoms with Crippen molar-refractivity contribution in [2.75, 3.05) is 27.7 Å². The van der Waals surface area contributed by atoms with Gasteiger partial charge in [-0.25, -0.2) is 9.59 Å². The Balaban J connectivity index is 0.000000703. The van der Waals surface area contributed by atoms with Crippen LogP contribution < -0.4 is 5.32 Å². The standard InChI is InChI=1S/C20H25ClN2O2.C2H2O4/c1-23(2)14-13-18(15-9-11-17(21)12-10-15)22-20(24)19(25-3)16-7-5-4-6-8-16;3-1(4)2(5)6/h4-12,18-19H,13-14H2,1-3H3,(H,22,24);(H,3,4)(H,5,6)/t18-,19-;/m1./s1. The first-order valence-corrected chi connectivity index (χ1v) is 9.78. The average molecular weight is 451 g/mol. The van der Waals surface area contributed by atoms with E-state index in [0.717, 1.165) is 24.1 Å². The van der Waals surface area contributed by atoms with Gasteiger partial charge in [-0.05, 0) is 50.3 Å². The lowest BCUT2D eigenvalue weighted by Gasteiger charge is -2.24. The molecule has 31 heavy (non-hydrogen) atoms. The molecule has 1 amide bonds. The van der Waals surface area contributed by atoms with Crippen LogP contribution in [0, 0.1) is 0 Å². The Labute approximate surface area is 186 Å². The van der Waals surface area contributed by atoms with E-state index in [1.807, 2.05) is 68.7 Å². The van der Waals surface area contributed by atoms with Crippen molar-refractivity contribution in [1.29, 1.82) is 0 Å². The summed E-state index contributed by atoms with van der Waals surface area (Å²) in [7, 11) is 5.58. The summed E-state index contributed by atoms with van der Waals surface area (Å²) >= 11 is 5.99. The van der Waals surface area contributed by atoms with Gasteiger partial charge in [-0.15, -0.1) is 0 Å². The summed E-state index contributed by atoms with van der Waals surface area (Å²) in [6, 6.07) is 17.0. The summed E-state index contributed by atoms with van der Waals surface area (Å²) in [5, 5.41) is 18.6. The molecule has 2 aromatic carbocycles. The zero-order chi connectivity index (χ0) is 23.4. The molecule has 0 heterocycles. The van der Waals surface area contributed by atoms with Crippen LogP contribution >= 0.6 is 11.6 Å². The van der Waals surface area contributed by atoms with Crippen molar-refractivity contribution in [3.8, 4) is 0 Å². The first-order chi connectivity index (χ1) is 14.6. The highest BCUT2D eigenvalue weighted by molar-refractivity contribution is 6.30. The minimum Gasteiger partial charge on any atom is -0.473 e. The maximum Gasteiger partial charge on any atom is 0.414 e. The van der Waals surface area contributed by atoms with Crippen LogP contribution in [0.25, 0.3) is 0 Å². The fourth-order valence-corrected chi connectivity index (χ4v) is 2.80. The van der Waals surface area contributed by atoms with Crippen LogP contribution in [0.3, 0.4) is 0 Å². The lowest BCUT2D eigenvalue weighted by atomic mass is 10.0. The first-order valence-electron chi connectivity index (χ1n) is 9.40. The van der Waals surface area contributed by atoms with Crippen LogP contribution in [-0.4, -0.2) is 60.7 Å². The normalized spacial score (nSPS) is 12.3. The maximum atomic E-state index is 12.8. The molecule has 0 aliphatic carbocycles. The van der Waals surface area contributed by atoms with Crippen molar-refractivity contribution in [3.63, 3.8) is 0 Å². The molecule has 0 aliphatic rings. The van der Waals surface area contributed by atoms with E-state index >= 15 is 0 Å². The molecule has 2 atom stereocenters. The lowest BCUT2D eigenvalue weighted by Crippen LogP contribution is -2.35. The number of ether oxygens (including phenoxy) is 1. The van der Waals surface area contributed by atoms with Gasteiger partial charge >= 0.3 is 11.9 Å². The van der Waals surface area contributed by atoms with E-state index in [1.165, 1.54) is 0 Å². The number of hydrogen-bond donors (Lipinski definition) is 3. The van der Waals surface area contributed by atoms with Gasteiger partial charge in [-0.3, -0.25) is 4.79 Å². The van der Waals surface area contributed by atoms with Gasteiger partial charge < -0.3 is 25.2 Å². The number of amides is 1. The van der Waals surface area contributed by atoms with Crippen LogP contribution in [0.15, 0.2) is 54.6 Å². The first kappa shape index (κ1) is 26.1. The predicted octanol–water partition coefficient (Wildman–Crippen LogP) is 2.99. The van der Waals surface area contributed by atoms with Gasteiger partial charge in [0.25, 0.3) is 5.91 Å². The molecule has 9 heteroatoms. The highest BCUT2D eigenvalue weighted by Gasteiger charge is 2.23. The fraction of sp³-hybridized carbons (Fsp3) is 0.318. The number of nitrogens with zero attached hydrogens (tertiary/aromatic N) is 1. The molecule has 8 nitrogen and oxygen atoms in total. The average Bonchev–Trinajstić information content (AvgIpc) is 2.73. The topological polar surface area (TPSA) is 116 Å². The molecule has 0 spiro atoms. The van der Waals surface area contributed by atoms with E-state index in [9.17, 15) is 4.79 Å². The van der Waals surface area contributed by atoms with Crippen molar-refractivity contribution >= 4 is 29.4 Å². The Morgan fingerprint density at radius 2 is 1.52 bits per heavy atom. The number of hydrogen-bond acceptors (Lipinski definition) is 5. The third-order valence-corrected chi connectivity index (χ3v) is 4.46. The smallest absolute Gasteiger partial charge is 0.414 e. The van der Waals surface area contributed by atoms with E-state index in [-0.39, 0.29) is 11.9 Å². The maximum absolute atomic E-state index is 12.8. The molecule has 0 unspecified atom stereocenters. The molecule has 2 rings (SSSR count). The number of carbonyl (C=O) groups excluding carboxylic acids is 1.